The van der Waals surface area contributed by atoms with Gasteiger partial charge in [-0.1, -0.05) is 29.3 Å². The Hall–Kier alpha value is -1.04. The Bertz CT molecular complexity index is 512. The summed E-state index contributed by atoms with van der Waals surface area (Å²) in [6.45, 7) is 0. The molecule has 0 atom stereocenters. The second-order valence-corrected chi connectivity index (χ2v) is 4.73. The Morgan fingerprint density at radius 3 is 2.76 bits per heavy atom. The van der Waals surface area contributed by atoms with E-state index in [0.717, 1.165) is 0 Å². The maximum absolute atomic E-state index is 6.05. The van der Waals surface area contributed by atoms with E-state index in [-0.39, 0.29) is 0 Å². The van der Waals surface area contributed by atoms with Crippen LogP contribution in [-0.2, 0) is 0 Å². The van der Waals surface area contributed by atoms with E-state index in [9.17, 15) is 0 Å². The molecule has 0 unspecified atom stereocenters. The molecule has 0 saturated heterocycles. The van der Waals surface area contributed by atoms with Gasteiger partial charge in [0.15, 0.2) is 0 Å². The fraction of sp³-hybridized carbons (Fsp3) is 0. The normalized spacial score (nSPS) is 10.3. The number of nitrogens with one attached hydrogen (secondary N) is 1. The number of nitrogens with two attached hydrogens (primary N) is 1. The van der Waals surface area contributed by atoms with Gasteiger partial charge in [-0.15, -0.1) is 0 Å². The van der Waals surface area contributed by atoms with Crippen molar-refractivity contribution in [1.29, 1.82) is 0 Å². The average Bonchev–Trinajstić information content (AvgIpc) is 2.31. The first-order valence-electron chi connectivity index (χ1n) is 4.56. The summed E-state index contributed by atoms with van der Waals surface area (Å²) in [4.78, 5) is 7.90. The van der Waals surface area contributed by atoms with E-state index < -0.39 is 0 Å². The molecule has 0 spiro atoms. The lowest BCUT2D eigenvalue weighted by atomic mass is 10.3. The van der Waals surface area contributed by atoms with Gasteiger partial charge in [0, 0.05) is 0 Å². The number of halogens is 3. The van der Waals surface area contributed by atoms with Gasteiger partial charge in [0.2, 0.25) is 0 Å². The smallest absolute Gasteiger partial charge is 0.150 e. The Labute approximate surface area is 116 Å². The highest BCUT2D eigenvalue weighted by Gasteiger charge is 2.09. The summed E-state index contributed by atoms with van der Waals surface area (Å²) in [5.41, 5.74) is 6.30. The molecule has 0 radical (unpaired) electrons. The predicted molar refractivity (Wildman–Crippen MR) is 73.9 cm³/mol. The molecule has 17 heavy (non-hydrogen) atoms. The number of hydrogen-bond donors (Lipinski definition) is 2. The van der Waals surface area contributed by atoms with Gasteiger partial charge in [-0.2, -0.15) is 0 Å². The summed E-state index contributed by atoms with van der Waals surface area (Å²) in [6, 6.07) is 5.28. The third-order valence-corrected chi connectivity index (χ3v) is 3.62. The van der Waals surface area contributed by atoms with Crippen LogP contribution < -0.4 is 11.1 Å². The van der Waals surface area contributed by atoms with Gasteiger partial charge in [0.05, 0.1) is 15.7 Å². The molecule has 2 aromatic rings. The molecule has 0 aliphatic heterocycles. The quantitative estimate of drug-likeness (QED) is 0.875. The number of anilines is 3. The van der Waals surface area contributed by atoms with Gasteiger partial charge >= 0.3 is 0 Å². The van der Waals surface area contributed by atoms with Crippen LogP contribution in [0.1, 0.15) is 0 Å². The van der Waals surface area contributed by atoms with Crippen LogP contribution in [0.2, 0.25) is 10.0 Å². The minimum Gasteiger partial charge on any atom is -0.383 e. The van der Waals surface area contributed by atoms with Crippen LogP contribution in [0.3, 0.4) is 0 Å². The summed E-state index contributed by atoms with van der Waals surface area (Å²) in [6.07, 6.45) is 1.36. The van der Waals surface area contributed by atoms with Crippen LogP contribution in [0.4, 0.5) is 17.3 Å². The number of aromatic nitrogens is 2. The van der Waals surface area contributed by atoms with E-state index in [0.29, 0.717) is 31.8 Å². The lowest BCUT2D eigenvalue weighted by Crippen LogP contribution is -2.00. The molecule has 4 nitrogen and oxygen atoms in total. The molecular formula is C10H7BrCl2N4. The van der Waals surface area contributed by atoms with Crippen molar-refractivity contribution in [2.45, 2.75) is 0 Å². The van der Waals surface area contributed by atoms with E-state index in [1.165, 1.54) is 6.33 Å². The maximum Gasteiger partial charge on any atom is 0.150 e. The van der Waals surface area contributed by atoms with E-state index in [1.807, 2.05) is 0 Å². The topological polar surface area (TPSA) is 63.8 Å². The highest BCUT2D eigenvalue weighted by Crippen LogP contribution is 2.33. The summed E-state index contributed by atoms with van der Waals surface area (Å²) >= 11 is 15.3. The maximum atomic E-state index is 6.05. The minimum absolute atomic E-state index is 0.348. The molecule has 0 amide bonds. The fourth-order valence-corrected chi connectivity index (χ4v) is 1.85. The zero-order valence-corrected chi connectivity index (χ0v) is 11.5. The monoisotopic (exact) mass is 332 g/mol. The van der Waals surface area contributed by atoms with Crippen LogP contribution >= 0.6 is 39.1 Å². The first kappa shape index (κ1) is 12.4. The minimum atomic E-state index is 0.348. The molecular weight excluding hydrogens is 327 g/mol. The lowest BCUT2D eigenvalue weighted by molar-refractivity contribution is 1.16. The standard InChI is InChI=1S/C10H7BrCl2N4/c11-7-9(14)15-4-16-10(7)17-6-3-1-2-5(12)8(6)13/h1-4H,(H3,14,15,16,17). The number of nitrogen functional groups attached to an aromatic ring is 1. The van der Waals surface area contributed by atoms with Crippen LogP contribution in [0.15, 0.2) is 29.0 Å². The molecule has 0 aliphatic carbocycles. The van der Waals surface area contributed by atoms with Crippen molar-refractivity contribution in [3.8, 4) is 0 Å². The highest BCUT2D eigenvalue weighted by molar-refractivity contribution is 9.10. The van der Waals surface area contributed by atoms with Crippen molar-refractivity contribution in [2.24, 2.45) is 0 Å². The van der Waals surface area contributed by atoms with E-state index >= 15 is 0 Å². The molecule has 0 saturated carbocycles. The van der Waals surface area contributed by atoms with Crippen LogP contribution in [-0.4, -0.2) is 9.97 Å². The van der Waals surface area contributed by atoms with Crippen molar-refractivity contribution >= 4 is 56.5 Å². The van der Waals surface area contributed by atoms with Gasteiger partial charge in [-0.25, -0.2) is 9.97 Å². The summed E-state index contributed by atoms with van der Waals surface area (Å²) in [5, 5.41) is 3.92. The molecule has 1 aromatic heterocycles. The van der Waals surface area contributed by atoms with Gasteiger partial charge in [-0.3, -0.25) is 0 Å². The zero-order chi connectivity index (χ0) is 12.4. The molecule has 0 bridgehead atoms. The van der Waals surface area contributed by atoms with Gasteiger partial charge in [0.25, 0.3) is 0 Å². The van der Waals surface area contributed by atoms with Crippen molar-refractivity contribution < 1.29 is 0 Å². The summed E-state index contributed by atoms with van der Waals surface area (Å²) < 4.78 is 0.580. The molecule has 1 heterocycles. The zero-order valence-electron chi connectivity index (χ0n) is 8.42. The number of benzene rings is 1. The largest absolute Gasteiger partial charge is 0.383 e. The van der Waals surface area contributed by atoms with Crippen LogP contribution in [0.25, 0.3) is 0 Å². The predicted octanol–water partition coefficient (Wildman–Crippen LogP) is 3.87. The van der Waals surface area contributed by atoms with Crippen molar-refractivity contribution in [3.63, 3.8) is 0 Å². The molecule has 2 rings (SSSR count). The fourth-order valence-electron chi connectivity index (χ4n) is 1.20. The number of nitrogens with zero attached hydrogens (tertiary/aromatic N) is 2. The molecule has 1 aromatic carbocycles. The van der Waals surface area contributed by atoms with Crippen molar-refractivity contribution in [2.75, 3.05) is 11.1 Å². The highest BCUT2D eigenvalue weighted by atomic mass is 79.9. The second-order valence-electron chi connectivity index (χ2n) is 3.15. The molecule has 3 N–H and O–H groups in total. The first-order chi connectivity index (χ1) is 8.09. The van der Waals surface area contributed by atoms with Gasteiger partial charge in [0.1, 0.15) is 22.4 Å². The Morgan fingerprint density at radius 2 is 2.00 bits per heavy atom. The van der Waals surface area contributed by atoms with E-state index in [2.05, 4.69) is 31.2 Å². The number of hydrogen-bond acceptors (Lipinski definition) is 4. The van der Waals surface area contributed by atoms with Gasteiger partial charge < -0.3 is 11.1 Å². The third-order valence-electron chi connectivity index (χ3n) is 2.02. The lowest BCUT2D eigenvalue weighted by Gasteiger charge is -2.10. The average molecular weight is 334 g/mol. The first-order valence-corrected chi connectivity index (χ1v) is 6.11. The summed E-state index contributed by atoms with van der Waals surface area (Å²) in [5.74, 6) is 0.877. The Morgan fingerprint density at radius 1 is 1.24 bits per heavy atom. The molecule has 0 aliphatic rings. The van der Waals surface area contributed by atoms with Crippen molar-refractivity contribution in [3.05, 3.63) is 39.0 Å². The van der Waals surface area contributed by atoms with Crippen molar-refractivity contribution in [1.82, 2.24) is 9.97 Å². The van der Waals surface area contributed by atoms with Crippen LogP contribution in [0.5, 0.6) is 0 Å². The van der Waals surface area contributed by atoms with E-state index in [4.69, 9.17) is 28.9 Å². The molecule has 0 fully saturated rings. The Balaban J connectivity index is 2.38. The third kappa shape index (κ3) is 2.62. The van der Waals surface area contributed by atoms with Crippen LogP contribution in [0, 0.1) is 0 Å². The second kappa shape index (κ2) is 5.08. The summed E-state index contributed by atoms with van der Waals surface area (Å²) in [7, 11) is 0. The molecule has 7 heteroatoms. The number of rotatable bonds is 2. The molecule has 88 valence electrons. The SMILES string of the molecule is Nc1ncnc(Nc2cccc(Cl)c2Cl)c1Br. The van der Waals surface area contributed by atoms with E-state index in [1.54, 1.807) is 18.2 Å². The Kier molecular flexibility index (Phi) is 3.71. The van der Waals surface area contributed by atoms with Gasteiger partial charge in [-0.05, 0) is 28.1 Å².